The van der Waals surface area contributed by atoms with Crippen molar-refractivity contribution in [1.29, 1.82) is 0 Å². The molecule has 0 aromatic heterocycles. The molecule has 112 valence electrons. The van der Waals surface area contributed by atoms with Crippen molar-refractivity contribution >= 4 is 0 Å². The average Bonchev–Trinajstić information content (AvgIpc) is 2.46. The fraction of sp³-hybridized carbons (Fsp3) is 0.667. The lowest BCUT2D eigenvalue weighted by Crippen LogP contribution is -2.30. The summed E-state index contributed by atoms with van der Waals surface area (Å²) in [5.74, 6) is 1.05. The number of benzene rings is 1. The Kier molecular flexibility index (Phi) is 6.38. The topological polar surface area (TPSA) is 12.5 Å². The van der Waals surface area contributed by atoms with Gasteiger partial charge in [-0.3, -0.25) is 0 Å². The van der Waals surface area contributed by atoms with Crippen LogP contribution in [0.15, 0.2) is 18.2 Å². The molecule has 1 aliphatic heterocycles. The number of piperidine rings is 1. The summed E-state index contributed by atoms with van der Waals surface area (Å²) in [4.78, 5) is 2.62. The molecule has 1 fully saturated rings. The van der Waals surface area contributed by atoms with E-state index in [-0.39, 0.29) is 0 Å². The summed E-state index contributed by atoms with van der Waals surface area (Å²) in [7, 11) is 0. The molecule has 2 heteroatoms. The molecule has 0 radical (unpaired) electrons. The monoisotopic (exact) mass is 275 g/mol. The summed E-state index contributed by atoms with van der Waals surface area (Å²) in [5.41, 5.74) is 2.55. The van der Waals surface area contributed by atoms with Crippen LogP contribution >= 0.6 is 0 Å². The van der Waals surface area contributed by atoms with Gasteiger partial charge in [0.05, 0.1) is 6.61 Å². The van der Waals surface area contributed by atoms with E-state index in [0.717, 1.165) is 12.4 Å². The van der Waals surface area contributed by atoms with Crippen LogP contribution in [-0.2, 0) is 0 Å². The van der Waals surface area contributed by atoms with Crippen molar-refractivity contribution in [2.24, 2.45) is 0 Å². The summed E-state index contributed by atoms with van der Waals surface area (Å²) in [6, 6.07) is 6.41. The first-order valence-electron chi connectivity index (χ1n) is 8.18. The first-order valence-corrected chi connectivity index (χ1v) is 8.18. The van der Waals surface area contributed by atoms with Crippen LogP contribution in [0.4, 0.5) is 0 Å². The van der Waals surface area contributed by atoms with Crippen molar-refractivity contribution < 1.29 is 4.74 Å². The van der Waals surface area contributed by atoms with Gasteiger partial charge in [0.15, 0.2) is 0 Å². The lowest BCUT2D eigenvalue weighted by Gasteiger charge is -2.26. The number of nitrogens with zero attached hydrogens (tertiary/aromatic N) is 1. The second-order valence-corrected chi connectivity index (χ2v) is 6.08. The molecule has 1 aromatic rings. The lowest BCUT2D eigenvalue weighted by atomic mass is 10.1. The first-order chi connectivity index (χ1) is 9.75. The summed E-state index contributed by atoms with van der Waals surface area (Å²) in [6.45, 7) is 9.02. The minimum atomic E-state index is 0.851. The van der Waals surface area contributed by atoms with Gasteiger partial charge in [0, 0.05) is 0 Å². The molecule has 1 heterocycles. The van der Waals surface area contributed by atoms with E-state index in [1.165, 1.54) is 69.3 Å². The van der Waals surface area contributed by atoms with Crippen molar-refractivity contribution in [2.75, 3.05) is 26.2 Å². The maximum Gasteiger partial charge on any atom is 0.122 e. The molecule has 20 heavy (non-hydrogen) atoms. The van der Waals surface area contributed by atoms with Gasteiger partial charge in [-0.05, 0) is 77.2 Å². The summed E-state index contributed by atoms with van der Waals surface area (Å²) >= 11 is 0. The molecular formula is C18H29NO. The Morgan fingerprint density at radius 2 is 1.80 bits per heavy atom. The third-order valence-electron chi connectivity index (χ3n) is 4.16. The van der Waals surface area contributed by atoms with Crippen molar-refractivity contribution in [1.82, 2.24) is 4.90 Å². The number of likely N-dealkylation sites (tertiary alicyclic amines) is 1. The third-order valence-corrected chi connectivity index (χ3v) is 4.16. The van der Waals surface area contributed by atoms with Gasteiger partial charge in [0.1, 0.15) is 5.75 Å². The Labute approximate surface area is 124 Å². The molecule has 0 spiro atoms. The highest BCUT2D eigenvalue weighted by molar-refractivity contribution is 5.35. The van der Waals surface area contributed by atoms with Gasteiger partial charge in [-0.2, -0.15) is 0 Å². The number of hydrogen-bond acceptors (Lipinski definition) is 2. The molecular weight excluding hydrogens is 246 g/mol. The van der Waals surface area contributed by atoms with Gasteiger partial charge in [-0.15, -0.1) is 0 Å². The van der Waals surface area contributed by atoms with Gasteiger partial charge in [-0.1, -0.05) is 24.1 Å². The number of rotatable bonds is 7. The van der Waals surface area contributed by atoms with Crippen molar-refractivity contribution in [3.63, 3.8) is 0 Å². The SMILES string of the molecule is Cc1ccc(OCCCCCN2CCCCC2)c(C)c1. The molecule has 0 aliphatic carbocycles. The first kappa shape index (κ1) is 15.4. The minimum Gasteiger partial charge on any atom is -0.493 e. The van der Waals surface area contributed by atoms with E-state index < -0.39 is 0 Å². The fourth-order valence-electron chi connectivity index (χ4n) is 2.94. The Hall–Kier alpha value is -1.02. The second kappa shape index (κ2) is 8.31. The van der Waals surface area contributed by atoms with E-state index in [9.17, 15) is 0 Å². The zero-order valence-corrected chi connectivity index (χ0v) is 13.2. The van der Waals surface area contributed by atoms with Gasteiger partial charge in [-0.25, -0.2) is 0 Å². The fourth-order valence-corrected chi connectivity index (χ4v) is 2.94. The van der Waals surface area contributed by atoms with Crippen LogP contribution in [0.1, 0.15) is 49.7 Å². The molecule has 2 nitrogen and oxygen atoms in total. The van der Waals surface area contributed by atoms with Gasteiger partial charge in [0.2, 0.25) is 0 Å². The summed E-state index contributed by atoms with van der Waals surface area (Å²) in [6.07, 6.45) is 7.99. The smallest absolute Gasteiger partial charge is 0.122 e. The predicted molar refractivity (Wildman–Crippen MR) is 85.6 cm³/mol. The normalized spacial score (nSPS) is 16.3. The van der Waals surface area contributed by atoms with Crippen LogP contribution in [0, 0.1) is 13.8 Å². The average molecular weight is 275 g/mol. The molecule has 2 rings (SSSR count). The van der Waals surface area contributed by atoms with Crippen LogP contribution in [0.3, 0.4) is 0 Å². The standard InChI is InChI=1S/C18H29NO/c1-16-9-10-18(17(2)15-16)20-14-8-4-7-13-19-11-5-3-6-12-19/h9-10,15H,3-8,11-14H2,1-2H3. The zero-order chi connectivity index (χ0) is 14.2. The van der Waals surface area contributed by atoms with Crippen LogP contribution in [-0.4, -0.2) is 31.1 Å². The van der Waals surface area contributed by atoms with Gasteiger partial charge in [0.25, 0.3) is 0 Å². The van der Waals surface area contributed by atoms with E-state index in [4.69, 9.17) is 4.74 Å². The van der Waals surface area contributed by atoms with Crippen LogP contribution in [0.25, 0.3) is 0 Å². The Bertz CT molecular complexity index is 396. The quantitative estimate of drug-likeness (QED) is 0.686. The predicted octanol–water partition coefficient (Wildman–Crippen LogP) is 4.34. The van der Waals surface area contributed by atoms with Gasteiger partial charge >= 0.3 is 0 Å². The second-order valence-electron chi connectivity index (χ2n) is 6.08. The van der Waals surface area contributed by atoms with E-state index in [1.807, 2.05) is 0 Å². The van der Waals surface area contributed by atoms with E-state index in [0.29, 0.717) is 0 Å². The number of unbranched alkanes of at least 4 members (excludes halogenated alkanes) is 2. The van der Waals surface area contributed by atoms with Crippen LogP contribution < -0.4 is 4.74 Å². The number of ether oxygens (including phenoxy) is 1. The highest BCUT2D eigenvalue weighted by atomic mass is 16.5. The maximum atomic E-state index is 5.87. The molecule has 0 unspecified atom stereocenters. The molecule has 0 bridgehead atoms. The molecule has 1 aliphatic rings. The van der Waals surface area contributed by atoms with Crippen LogP contribution in [0.5, 0.6) is 5.75 Å². The van der Waals surface area contributed by atoms with E-state index >= 15 is 0 Å². The van der Waals surface area contributed by atoms with Crippen LogP contribution in [0.2, 0.25) is 0 Å². The highest BCUT2D eigenvalue weighted by Crippen LogP contribution is 2.19. The summed E-state index contributed by atoms with van der Waals surface area (Å²) in [5, 5.41) is 0. The molecule has 0 atom stereocenters. The largest absolute Gasteiger partial charge is 0.493 e. The Morgan fingerprint density at radius 1 is 1.00 bits per heavy atom. The van der Waals surface area contributed by atoms with Gasteiger partial charge < -0.3 is 9.64 Å². The third kappa shape index (κ3) is 5.16. The highest BCUT2D eigenvalue weighted by Gasteiger charge is 2.08. The number of aryl methyl sites for hydroxylation is 2. The van der Waals surface area contributed by atoms with E-state index in [2.05, 4.69) is 36.9 Å². The Morgan fingerprint density at radius 3 is 2.55 bits per heavy atom. The lowest BCUT2D eigenvalue weighted by molar-refractivity contribution is 0.221. The maximum absolute atomic E-state index is 5.87. The molecule has 1 aromatic carbocycles. The van der Waals surface area contributed by atoms with Crippen molar-refractivity contribution in [3.05, 3.63) is 29.3 Å². The Balaban J connectivity index is 1.55. The van der Waals surface area contributed by atoms with Crippen molar-refractivity contribution in [2.45, 2.75) is 52.4 Å². The molecule has 0 amide bonds. The number of hydrogen-bond donors (Lipinski definition) is 0. The molecule has 0 N–H and O–H groups in total. The molecule has 1 saturated heterocycles. The minimum absolute atomic E-state index is 0.851. The van der Waals surface area contributed by atoms with E-state index in [1.54, 1.807) is 0 Å². The zero-order valence-electron chi connectivity index (χ0n) is 13.2. The summed E-state index contributed by atoms with van der Waals surface area (Å²) < 4.78 is 5.87. The molecule has 0 saturated carbocycles. The van der Waals surface area contributed by atoms with Crippen molar-refractivity contribution in [3.8, 4) is 5.75 Å².